The van der Waals surface area contributed by atoms with Crippen molar-refractivity contribution in [3.05, 3.63) is 72.9 Å². The van der Waals surface area contributed by atoms with E-state index in [1.807, 2.05) is 21.1 Å². The van der Waals surface area contributed by atoms with Crippen LogP contribution in [0.3, 0.4) is 0 Å². The Morgan fingerprint density at radius 1 is 0.405 bits per heavy atom. The van der Waals surface area contributed by atoms with Crippen LogP contribution in [0.4, 0.5) is 0 Å². The molecule has 0 radical (unpaired) electrons. The molecule has 460 valence electrons. The van der Waals surface area contributed by atoms with Gasteiger partial charge in [0, 0.05) is 12.8 Å². The molecule has 1 N–H and O–H groups in total. The highest BCUT2D eigenvalue weighted by Crippen LogP contribution is 2.43. The Balaban J connectivity index is 3.89. The first-order valence-corrected chi connectivity index (χ1v) is 34.7. The number of likely N-dealkylation sites (N-methyl/N-ethyl adjacent to an activating group) is 1. The number of carbonyl (C=O) groups is 2. The predicted octanol–water partition coefficient (Wildman–Crippen LogP) is 21.2. The lowest BCUT2D eigenvalue weighted by Crippen LogP contribution is -2.37. The van der Waals surface area contributed by atoms with Crippen molar-refractivity contribution in [2.45, 2.75) is 309 Å². The van der Waals surface area contributed by atoms with Crippen LogP contribution in [0.15, 0.2) is 72.9 Å². The van der Waals surface area contributed by atoms with Crippen LogP contribution in [0.25, 0.3) is 0 Å². The maximum Gasteiger partial charge on any atom is 0.472 e. The molecule has 0 aromatic carbocycles. The summed E-state index contributed by atoms with van der Waals surface area (Å²) in [7, 11) is 1.49. The van der Waals surface area contributed by atoms with Gasteiger partial charge in [-0.15, -0.1) is 0 Å². The molecule has 0 rings (SSSR count). The molecule has 2 unspecified atom stereocenters. The van der Waals surface area contributed by atoms with Gasteiger partial charge in [0.1, 0.15) is 19.8 Å². The maximum absolute atomic E-state index is 12.8. The molecule has 0 aliphatic heterocycles. The molecule has 0 amide bonds. The molecule has 79 heavy (non-hydrogen) atoms. The van der Waals surface area contributed by atoms with E-state index >= 15 is 0 Å². The second-order valence-electron chi connectivity index (χ2n) is 23.5. The van der Waals surface area contributed by atoms with Gasteiger partial charge in [0.05, 0.1) is 27.7 Å². The van der Waals surface area contributed by atoms with Gasteiger partial charge in [-0.25, -0.2) is 4.57 Å². The number of esters is 2. The molecule has 9 nitrogen and oxygen atoms in total. The summed E-state index contributed by atoms with van der Waals surface area (Å²) in [5.41, 5.74) is 0. The molecular formula is C69H127NO8P+. The van der Waals surface area contributed by atoms with E-state index in [0.29, 0.717) is 23.9 Å². The second kappa shape index (κ2) is 60.1. The van der Waals surface area contributed by atoms with Crippen LogP contribution in [0.1, 0.15) is 303 Å². The molecule has 0 bridgehead atoms. The number of phosphoric ester groups is 1. The van der Waals surface area contributed by atoms with Crippen LogP contribution < -0.4 is 0 Å². The Kier molecular flexibility index (Phi) is 58.1. The summed E-state index contributed by atoms with van der Waals surface area (Å²) in [4.78, 5) is 35.7. The highest BCUT2D eigenvalue weighted by molar-refractivity contribution is 7.47. The third-order valence-corrected chi connectivity index (χ3v) is 15.5. The van der Waals surface area contributed by atoms with Gasteiger partial charge in [0.15, 0.2) is 6.10 Å². The predicted molar refractivity (Wildman–Crippen MR) is 339 cm³/mol. The third kappa shape index (κ3) is 64.5. The standard InChI is InChI=1S/C69H126NO8P/c1-6-8-10-12-14-16-18-20-22-23-24-25-26-27-28-29-30-31-32-33-34-35-36-37-38-39-40-41-42-43-44-45-46-47-48-50-52-54-56-58-60-62-69(72)78-67(66-77-79(73,74)76-64-63-70(3,4)5)65-75-68(71)61-59-57-55-53-51-49-21-19-17-15-13-11-9-7-2/h8,10,14,16,20,22,24-25,27-28,30-31,67H,6-7,9,11-13,15,17-19,21,23,26,29,32-66H2,1-5H3/p+1/b10-8-,16-14-,22-20-,25-24-,28-27-,31-30-. The van der Waals surface area contributed by atoms with Gasteiger partial charge in [-0.05, 0) is 64.2 Å². The van der Waals surface area contributed by atoms with Crippen LogP contribution >= 0.6 is 7.82 Å². The molecule has 0 saturated carbocycles. The fourth-order valence-corrected chi connectivity index (χ4v) is 10.2. The van der Waals surface area contributed by atoms with Gasteiger partial charge in [0.25, 0.3) is 0 Å². The molecule has 10 heteroatoms. The lowest BCUT2D eigenvalue weighted by molar-refractivity contribution is -0.870. The van der Waals surface area contributed by atoms with Gasteiger partial charge in [0.2, 0.25) is 0 Å². The van der Waals surface area contributed by atoms with Gasteiger partial charge < -0.3 is 18.9 Å². The van der Waals surface area contributed by atoms with Crippen LogP contribution in [-0.2, 0) is 32.7 Å². The van der Waals surface area contributed by atoms with Crippen LogP contribution in [-0.4, -0.2) is 74.9 Å². The number of unbranched alkanes of at least 4 members (excludes halogenated alkanes) is 35. The van der Waals surface area contributed by atoms with E-state index in [2.05, 4.69) is 86.8 Å². The summed E-state index contributed by atoms with van der Waals surface area (Å²) in [6.45, 7) is 4.35. The smallest absolute Gasteiger partial charge is 0.462 e. The number of quaternary nitrogens is 1. The number of nitrogens with zero attached hydrogens (tertiary/aromatic N) is 1. The lowest BCUT2D eigenvalue weighted by atomic mass is 10.0. The number of ether oxygens (including phenoxy) is 2. The lowest BCUT2D eigenvalue weighted by Gasteiger charge is -2.24. The quantitative estimate of drug-likeness (QED) is 0.0211. The van der Waals surface area contributed by atoms with Crippen molar-refractivity contribution in [1.29, 1.82) is 0 Å². The fourth-order valence-electron chi connectivity index (χ4n) is 9.43. The monoisotopic (exact) mass is 1130 g/mol. The van der Waals surface area contributed by atoms with Crippen molar-refractivity contribution < 1.29 is 42.1 Å². The number of rotatable bonds is 61. The zero-order valence-electron chi connectivity index (χ0n) is 52.4. The average Bonchev–Trinajstić information content (AvgIpc) is 3.41. The number of carbonyl (C=O) groups excluding carboxylic acids is 2. The first-order chi connectivity index (χ1) is 38.5. The average molecular weight is 1130 g/mol. The largest absolute Gasteiger partial charge is 0.472 e. The van der Waals surface area contributed by atoms with Gasteiger partial charge in [-0.1, -0.05) is 299 Å². The Hall–Kier alpha value is -2.55. The number of allylic oxidation sites excluding steroid dienone is 12. The van der Waals surface area contributed by atoms with Crippen LogP contribution in [0.2, 0.25) is 0 Å². The Morgan fingerprint density at radius 3 is 1.08 bits per heavy atom. The summed E-state index contributed by atoms with van der Waals surface area (Å²) >= 11 is 0. The van der Waals surface area contributed by atoms with E-state index < -0.39 is 26.5 Å². The number of phosphoric acid groups is 1. The normalized spacial score (nSPS) is 13.6. The summed E-state index contributed by atoms with van der Waals surface area (Å²) in [5, 5.41) is 0. The zero-order valence-corrected chi connectivity index (χ0v) is 53.2. The van der Waals surface area contributed by atoms with Crippen molar-refractivity contribution >= 4 is 19.8 Å². The Bertz CT molecular complexity index is 1560. The van der Waals surface area contributed by atoms with Crippen molar-refractivity contribution in [2.75, 3.05) is 47.5 Å². The van der Waals surface area contributed by atoms with E-state index in [0.717, 1.165) is 70.6 Å². The Morgan fingerprint density at radius 2 is 0.722 bits per heavy atom. The topological polar surface area (TPSA) is 108 Å². The molecule has 0 heterocycles. The number of hydrogen-bond acceptors (Lipinski definition) is 7. The first-order valence-electron chi connectivity index (χ1n) is 33.2. The van der Waals surface area contributed by atoms with Gasteiger partial charge in [-0.2, -0.15) is 0 Å². The molecule has 0 aromatic rings. The van der Waals surface area contributed by atoms with E-state index in [1.54, 1.807) is 0 Å². The minimum atomic E-state index is -4.38. The van der Waals surface area contributed by atoms with Gasteiger partial charge in [-0.3, -0.25) is 18.6 Å². The summed E-state index contributed by atoms with van der Waals surface area (Å²) in [6.07, 6.45) is 80.1. The molecule has 0 aliphatic carbocycles. The SMILES string of the molecule is CC/C=C\C/C=C\C/C=C\C/C=C\C/C=C\C/C=C\CCCCCCCCCCCCCCCCCCCCCCCCC(=O)OC(COC(=O)CCCCCCCCCCCCCCCC)COP(=O)(O)OCC[N+](C)(C)C. The molecule has 0 aliphatic rings. The van der Waals surface area contributed by atoms with Gasteiger partial charge >= 0.3 is 19.8 Å². The molecule has 0 fully saturated rings. The van der Waals surface area contributed by atoms with Crippen molar-refractivity contribution in [2.24, 2.45) is 0 Å². The molecule has 0 saturated heterocycles. The molecular weight excluding hydrogens is 1000 g/mol. The van der Waals surface area contributed by atoms with Crippen molar-refractivity contribution in [1.82, 2.24) is 0 Å². The third-order valence-electron chi connectivity index (χ3n) is 14.5. The zero-order chi connectivity index (χ0) is 57.7. The molecule has 0 spiro atoms. The molecule has 2 atom stereocenters. The maximum atomic E-state index is 12.8. The summed E-state index contributed by atoms with van der Waals surface area (Å²) < 4.78 is 34.6. The first kappa shape index (κ1) is 76.5. The number of hydrogen-bond donors (Lipinski definition) is 1. The van der Waals surface area contributed by atoms with E-state index in [9.17, 15) is 19.0 Å². The Labute approximate surface area is 489 Å². The fraction of sp³-hybridized carbons (Fsp3) is 0.797. The van der Waals surface area contributed by atoms with Crippen LogP contribution in [0, 0.1) is 0 Å². The van der Waals surface area contributed by atoms with Crippen LogP contribution in [0.5, 0.6) is 0 Å². The van der Waals surface area contributed by atoms with Crippen molar-refractivity contribution in [3.63, 3.8) is 0 Å². The second-order valence-corrected chi connectivity index (χ2v) is 24.9. The highest BCUT2D eigenvalue weighted by atomic mass is 31.2. The highest BCUT2D eigenvalue weighted by Gasteiger charge is 2.27. The summed E-state index contributed by atoms with van der Waals surface area (Å²) in [6, 6.07) is 0. The van der Waals surface area contributed by atoms with Crippen molar-refractivity contribution in [3.8, 4) is 0 Å². The summed E-state index contributed by atoms with van der Waals surface area (Å²) in [5.74, 6) is -0.782. The van der Waals surface area contributed by atoms with E-state index in [1.165, 1.54) is 199 Å². The van der Waals surface area contributed by atoms with E-state index in [4.69, 9.17) is 18.5 Å². The minimum absolute atomic E-state index is 0.0337. The molecule has 0 aromatic heterocycles. The van der Waals surface area contributed by atoms with E-state index in [-0.39, 0.29) is 25.6 Å². The minimum Gasteiger partial charge on any atom is -0.462 e.